The lowest BCUT2D eigenvalue weighted by Gasteiger charge is -2.39. The van der Waals surface area contributed by atoms with Crippen molar-refractivity contribution in [3.63, 3.8) is 0 Å². The quantitative estimate of drug-likeness (QED) is 0.450. The predicted octanol–water partition coefficient (Wildman–Crippen LogP) is 5.52. The highest BCUT2D eigenvalue weighted by Gasteiger charge is 2.48. The summed E-state index contributed by atoms with van der Waals surface area (Å²) in [5, 5.41) is 4.52. The molecule has 1 fully saturated rings. The van der Waals surface area contributed by atoms with Gasteiger partial charge in [0.2, 0.25) is 0 Å². The van der Waals surface area contributed by atoms with Gasteiger partial charge in [0.15, 0.2) is 0 Å². The number of benzene rings is 1. The molecule has 1 unspecified atom stereocenters. The monoisotopic (exact) mass is 494 g/mol. The summed E-state index contributed by atoms with van der Waals surface area (Å²) < 4.78 is 84.0. The largest absolute Gasteiger partial charge is 0.433 e. The van der Waals surface area contributed by atoms with E-state index in [1.54, 1.807) is 10.9 Å². The lowest BCUT2D eigenvalue weighted by Crippen LogP contribution is -2.39. The molecule has 1 aliphatic carbocycles. The SMILES string of the molecule is CC(C)(C)n1ncc2c1-c1cc(F)ccc1N(S(=O)(=O)c1ccc(C(F)(F)F)nc1)C2C1CC1. The van der Waals surface area contributed by atoms with Gasteiger partial charge in [-0.2, -0.15) is 18.3 Å². The van der Waals surface area contributed by atoms with Gasteiger partial charge in [0.25, 0.3) is 10.0 Å². The van der Waals surface area contributed by atoms with Crippen LogP contribution in [0.5, 0.6) is 0 Å². The Bertz CT molecular complexity index is 1370. The van der Waals surface area contributed by atoms with Gasteiger partial charge < -0.3 is 0 Å². The summed E-state index contributed by atoms with van der Waals surface area (Å²) in [4.78, 5) is 2.97. The van der Waals surface area contributed by atoms with E-state index in [1.807, 2.05) is 20.8 Å². The van der Waals surface area contributed by atoms with E-state index in [4.69, 9.17) is 0 Å². The van der Waals surface area contributed by atoms with Crippen molar-refractivity contribution in [1.29, 1.82) is 0 Å². The summed E-state index contributed by atoms with van der Waals surface area (Å²) in [5.41, 5.74) is 0.290. The van der Waals surface area contributed by atoms with Crippen LogP contribution in [0.25, 0.3) is 11.3 Å². The Morgan fingerprint density at radius 3 is 2.29 bits per heavy atom. The van der Waals surface area contributed by atoms with Gasteiger partial charge in [-0.3, -0.25) is 14.0 Å². The van der Waals surface area contributed by atoms with Crippen LogP contribution in [0.4, 0.5) is 23.2 Å². The maximum atomic E-state index is 14.4. The summed E-state index contributed by atoms with van der Waals surface area (Å²) in [6.07, 6.45) is -0.772. The number of aromatic nitrogens is 3. The van der Waals surface area contributed by atoms with Crippen LogP contribution in [-0.4, -0.2) is 23.2 Å². The van der Waals surface area contributed by atoms with Crippen molar-refractivity contribution in [3.05, 3.63) is 59.8 Å². The van der Waals surface area contributed by atoms with Crippen LogP contribution in [0.15, 0.2) is 47.6 Å². The molecule has 3 heterocycles. The molecular weight excluding hydrogens is 472 g/mol. The molecule has 0 N–H and O–H groups in total. The predicted molar refractivity (Wildman–Crippen MR) is 117 cm³/mol. The molecule has 3 aromatic rings. The fraction of sp³-hybridized carbons (Fsp3) is 0.391. The minimum atomic E-state index is -4.69. The van der Waals surface area contributed by atoms with Crippen molar-refractivity contribution in [2.45, 2.75) is 56.3 Å². The molecule has 1 aliphatic heterocycles. The molecule has 34 heavy (non-hydrogen) atoms. The van der Waals surface area contributed by atoms with Crippen molar-refractivity contribution < 1.29 is 26.0 Å². The van der Waals surface area contributed by atoms with E-state index in [9.17, 15) is 26.0 Å². The van der Waals surface area contributed by atoms with Gasteiger partial charge in [-0.05, 0) is 69.9 Å². The first kappa shape index (κ1) is 22.8. The molecule has 2 aliphatic rings. The van der Waals surface area contributed by atoms with E-state index in [0.717, 1.165) is 25.1 Å². The smallest absolute Gasteiger partial charge is 0.259 e. The van der Waals surface area contributed by atoms with Crippen molar-refractivity contribution >= 4 is 15.7 Å². The number of hydrogen-bond donors (Lipinski definition) is 0. The van der Waals surface area contributed by atoms with Crippen LogP contribution in [0, 0.1) is 11.7 Å². The van der Waals surface area contributed by atoms with E-state index in [0.29, 0.717) is 22.9 Å². The lowest BCUT2D eigenvalue weighted by atomic mass is 9.92. The van der Waals surface area contributed by atoms with Crippen LogP contribution in [0.2, 0.25) is 0 Å². The molecule has 6 nitrogen and oxygen atoms in total. The first-order valence-corrected chi connectivity index (χ1v) is 12.2. The Hall–Kier alpha value is -2.95. The third-order valence-electron chi connectivity index (χ3n) is 6.11. The molecule has 0 spiro atoms. The minimum Gasteiger partial charge on any atom is -0.259 e. The van der Waals surface area contributed by atoms with Gasteiger partial charge in [0.05, 0.1) is 29.2 Å². The molecule has 1 aromatic carbocycles. The van der Waals surface area contributed by atoms with Crippen LogP contribution in [0.1, 0.15) is 50.9 Å². The Kier molecular flexibility index (Phi) is 4.88. The van der Waals surface area contributed by atoms with Crippen molar-refractivity contribution in [2.75, 3.05) is 4.31 Å². The summed E-state index contributed by atoms with van der Waals surface area (Å²) in [6, 6.07) is 4.80. The van der Waals surface area contributed by atoms with E-state index in [-0.39, 0.29) is 16.5 Å². The lowest BCUT2D eigenvalue weighted by molar-refractivity contribution is -0.141. The second-order valence-corrected chi connectivity index (χ2v) is 11.5. The Labute approximate surface area is 194 Å². The molecule has 0 bridgehead atoms. The maximum absolute atomic E-state index is 14.4. The summed E-state index contributed by atoms with van der Waals surface area (Å²) in [5.74, 6) is -0.531. The third kappa shape index (κ3) is 3.57. The fourth-order valence-electron chi connectivity index (χ4n) is 4.47. The number of halogens is 4. The standard InChI is InChI=1S/C23H22F4N4O2S/c1-22(2,3)31-21-16-10-14(24)6-8-18(16)30(20(13-4-5-13)17(21)12-29-31)34(32,33)15-7-9-19(28-11-15)23(25,26)27/h6-13,20H,4-5H2,1-3H3. The zero-order valence-corrected chi connectivity index (χ0v) is 19.5. The van der Waals surface area contributed by atoms with Gasteiger partial charge in [-0.15, -0.1) is 0 Å². The molecule has 1 saturated carbocycles. The van der Waals surface area contributed by atoms with E-state index >= 15 is 0 Å². The van der Waals surface area contributed by atoms with Gasteiger partial charge >= 0.3 is 6.18 Å². The van der Waals surface area contributed by atoms with Crippen molar-refractivity contribution in [2.24, 2.45) is 5.92 Å². The number of pyridine rings is 1. The highest BCUT2D eigenvalue weighted by Crippen LogP contribution is 2.55. The topological polar surface area (TPSA) is 68.1 Å². The van der Waals surface area contributed by atoms with E-state index in [2.05, 4.69) is 10.1 Å². The molecule has 1 atom stereocenters. The summed E-state index contributed by atoms with van der Waals surface area (Å²) >= 11 is 0. The number of anilines is 1. The summed E-state index contributed by atoms with van der Waals surface area (Å²) in [6.45, 7) is 5.84. The van der Waals surface area contributed by atoms with Gasteiger partial charge in [-0.1, -0.05) is 0 Å². The van der Waals surface area contributed by atoms with Crippen LogP contribution in [-0.2, 0) is 21.7 Å². The first-order chi connectivity index (χ1) is 15.8. The van der Waals surface area contributed by atoms with Crippen molar-refractivity contribution in [1.82, 2.24) is 14.8 Å². The van der Waals surface area contributed by atoms with Crippen LogP contribution < -0.4 is 4.31 Å². The Morgan fingerprint density at radius 2 is 1.74 bits per heavy atom. The molecule has 0 amide bonds. The van der Waals surface area contributed by atoms with Crippen LogP contribution >= 0.6 is 0 Å². The van der Waals surface area contributed by atoms with Crippen molar-refractivity contribution in [3.8, 4) is 11.3 Å². The number of rotatable bonds is 3. The highest BCUT2D eigenvalue weighted by atomic mass is 32.2. The van der Waals surface area contributed by atoms with Gasteiger partial charge in [-0.25, -0.2) is 12.8 Å². The second kappa shape index (κ2) is 7.27. The number of sulfonamides is 1. The Balaban J connectivity index is 1.73. The number of alkyl halides is 3. The average Bonchev–Trinajstić information content (AvgIpc) is 3.48. The zero-order valence-electron chi connectivity index (χ0n) is 18.6. The van der Waals surface area contributed by atoms with E-state index < -0.39 is 39.3 Å². The first-order valence-electron chi connectivity index (χ1n) is 10.8. The molecule has 2 aromatic heterocycles. The average molecular weight is 495 g/mol. The molecule has 11 heteroatoms. The number of nitrogens with zero attached hydrogens (tertiary/aromatic N) is 4. The molecule has 180 valence electrons. The number of fused-ring (bicyclic) bond motifs is 3. The van der Waals surface area contributed by atoms with Crippen LogP contribution in [0.3, 0.4) is 0 Å². The maximum Gasteiger partial charge on any atom is 0.433 e. The molecule has 0 saturated heterocycles. The summed E-state index contributed by atoms with van der Waals surface area (Å²) in [7, 11) is -4.33. The molecule has 0 radical (unpaired) electrons. The zero-order chi connectivity index (χ0) is 24.6. The molecule has 5 rings (SSSR count). The highest BCUT2D eigenvalue weighted by molar-refractivity contribution is 7.92. The number of hydrogen-bond acceptors (Lipinski definition) is 4. The van der Waals surface area contributed by atoms with Gasteiger partial charge in [0, 0.05) is 17.3 Å². The second-order valence-electron chi connectivity index (χ2n) is 9.65. The normalized spacial score (nSPS) is 18.6. The third-order valence-corrected chi connectivity index (χ3v) is 7.89. The van der Waals surface area contributed by atoms with E-state index in [1.165, 1.54) is 22.5 Å². The van der Waals surface area contributed by atoms with Gasteiger partial charge in [0.1, 0.15) is 16.4 Å². The minimum absolute atomic E-state index is 0.00625. The molecular formula is C23H22F4N4O2S. The Morgan fingerprint density at radius 1 is 1.03 bits per heavy atom. The fourth-order valence-corrected chi connectivity index (χ4v) is 6.13.